The van der Waals surface area contributed by atoms with Crippen molar-refractivity contribution in [1.29, 1.82) is 10.5 Å². The molecule has 8 nitrogen and oxygen atoms in total. The quantitative estimate of drug-likeness (QED) is 0.687. The van der Waals surface area contributed by atoms with Gasteiger partial charge in [0.25, 0.3) is 5.91 Å². The number of nitrogens with zero attached hydrogens (tertiary/aromatic N) is 6. The van der Waals surface area contributed by atoms with Crippen molar-refractivity contribution in [3.8, 4) is 12.1 Å². The zero-order valence-corrected chi connectivity index (χ0v) is 21.3. The highest BCUT2D eigenvalue weighted by Crippen LogP contribution is 2.43. The maximum atomic E-state index is 16.0. The van der Waals surface area contributed by atoms with Crippen LogP contribution >= 0.6 is 0 Å². The van der Waals surface area contributed by atoms with Crippen LogP contribution in [0.3, 0.4) is 0 Å². The molecule has 1 N–H and O–H groups in total. The van der Waals surface area contributed by atoms with Crippen LogP contribution in [0.15, 0.2) is 45.9 Å². The van der Waals surface area contributed by atoms with Gasteiger partial charge in [0.1, 0.15) is 17.3 Å². The lowest BCUT2D eigenvalue weighted by Crippen LogP contribution is -2.33. The Morgan fingerprint density at radius 1 is 1.25 bits per heavy atom. The van der Waals surface area contributed by atoms with Crippen molar-refractivity contribution in [2.24, 2.45) is 4.99 Å². The van der Waals surface area contributed by atoms with Gasteiger partial charge < -0.3 is 10.2 Å². The average Bonchev–Trinajstić information content (AvgIpc) is 3.50. The minimum atomic E-state index is -0.841. The van der Waals surface area contributed by atoms with Gasteiger partial charge in [0, 0.05) is 41.8 Å². The largest absolute Gasteiger partial charge is 0.350 e. The van der Waals surface area contributed by atoms with E-state index in [2.05, 4.69) is 27.5 Å². The molecule has 0 atom stereocenters. The van der Waals surface area contributed by atoms with E-state index in [0.717, 1.165) is 0 Å². The molecule has 2 aromatic rings. The Labute approximate surface area is 210 Å². The number of rotatable bonds is 4. The number of nitriles is 2. The van der Waals surface area contributed by atoms with Gasteiger partial charge >= 0.3 is 0 Å². The SMILES string of the molecule is CCc1c(F)c(C2C(C#N)=C(C)N(C)C(C)=C2C#N)cc2c1CN=C2NC(=O)c1ccnn1C(C)C. The summed E-state index contributed by atoms with van der Waals surface area (Å²) in [6, 6.07) is 7.68. The fraction of sp³-hybridized carbons (Fsp3) is 0.370. The lowest BCUT2D eigenvalue weighted by Gasteiger charge is -2.33. The Morgan fingerprint density at radius 3 is 2.44 bits per heavy atom. The number of hydrogen-bond donors (Lipinski definition) is 1. The summed E-state index contributed by atoms with van der Waals surface area (Å²) in [6.45, 7) is 9.54. The minimum absolute atomic E-state index is 0.00534. The van der Waals surface area contributed by atoms with Crippen molar-refractivity contribution >= 4 is 11.7 Å². The number of aromatic nitrogens is 2. The van der Waals surface area contributed by atoms with Crippen molar-refractivity contribution in [3.63, 3.8) is 0 Å². The number of allylic oxidation sites excluding steroid dienone is 4. The first-order chi connectivity index (χ1) is 17.2. The predicted molar refractivity (Wildman–Crippen MR) is 133 cm³/mol. The minimum Gasteiger partial charge on any atom is -0.350 e. The van der Waals surface area contributed by atoms with Gasteiger partial charge in [-0.05, 0) is 57.4 Å². The number of hydrogen-bond acceptors (Lipinski definition) is 6. The highest BCUT2D eigenvalue weighted by atomic mass is 19.1. The van der Waals surface area contributed by atoms with Crippen molar-refractivity contribution < 1.29 is 9.18 Å². The van der Waals surface area contributed by atoms with E-state index in [4.69, 9.17) is 0 Å². The molecule has 0 radical (unpaired) electrons. The van der Waals surface area contributed by atoms with Gasteiger partial charge in [0.2, 0.25) is 0 Å². The molecule has 2 aliphatic rings. The molecule has 184 valence electrons. The highest BCUT2D eigenvalue weighted by molar-refractivity contribution is 6.14. The first-order valence-corrected chi connectivity index (χ1v) is 11.8. The van der Waals surface area contributed by atoms with E-state index in [-0.39, 0.29) is 24.1 Å². The zero-order valence-electron chi connectivity index (χ0n) is 21.3. The molecule has 9 heteroatoms. The lowest BCUT2D eigenvalue weighted by atomic mass is 9.78. The third-order valence-corrected chi connectivity index (χ3v) is 7.05. The number of fused-ring (bicyclic) bond motifs is 1. The Morgan fingerprint density at radius 2 is 1.89 bits per heavy atom. The molecule has 1 aromatic heterocycles. The Bertz CT molecular complexity index is 1410. The second-order valence-corrected chi connectivity index (χ2v) is 9.23. The number of carbonyl (C=O) groups is 1. The molecule has 0 fully saturated rings. The number of amides is 1. The molecule has 0 bridgehead atoms. The molecule has 0 unspecified atom stereocenters. The molecule has 1 amide bonds. The third-order valence-electron chi connectivity index (χ3n) is 7.05. The van der Waals surface area contributed by atoms with Crippen LogP contribution in [0.25, 0.3) is 0 Å². The number of halogens is 1. The van der Waals surface area contributed by atoms with Crippen LogP contribution in [0, 0.1) is 28.5 Å². The normalized spacial score (nSPS) is 15.7. The smallest absolute Gasteiger partial charge is 0.275 e. The fourth-order valence-corrected chi connectivity index (χ4v) is 4.95. The Balaban J connectivity index is 1.84. The Kier molecular flexibility index (Phi) is 6.51. The van der Waals surface area contributed by atoms with Crippen LogP contribution in [-0.4, -0.2) is 33.5 Å². The molecule has 0 aliphatic carbocycles. The predicted octanol–water partition coefficient (Wildman–Crippen LogP) is 4.48. The van der Waals surface area contributed by atoms with Crippen LogP contribution in [0.4, 0.5) is 4.39 Å². The summed E-state index contributed by atoms with van der Waals surface area (Å²) in [5.74, 6) is -1.30. The maximum Gasteiger partial charge on any atom is 0.275 e. The van der Waals surface area contributed by atoms with Crippen molar-refractivity contribution in [3.05, 3.63) is 74.6 Å². The molecule has 0 saturated carbocycles. The third kappa shape index (κ3) is 3.77. The van der Waals surface area contributed by atoms with E-state index in [1.165, 1.54) is 0 Å². The molecular weight excluding hydrogens is 457 g/mol. The molecule has 2 aliphatic heterocycles. The monoisotopic (exact) mass is 485 g/mol. The zero-order chi connectivity index (χ0) is 26.3. The van der Waals surface area contributed by atoms with E-state index in [9.17, 15) is 15.3 Å². The second-order valence-electron chi connectivity index (χ2n) is 9.23. The van der Waals surface area contributed by atoms with Crippen LogP contribution < -0.4 is 5.32 Å². The number of aliphatic imine (C=N–C) groups is 1. The Hall–Kier alpha value is -4.24. The van der Waals surface area contributed by atoms with Crippen LogP contribution in [0.2, 0.25) is 0 Å². The van der Waals surface area contributed by atoms with Crippen molar-refractivity contribution in [2.45, 2.75) is 59.5 Å². The first kappa shape index (κ1) is 24.9. The van der Waals surface area contributed by atoms with E-state index >= 15 is 4.39 Å². The van der Waals surface area contributed by atoms with Crippen molar-refractivity contribution in [2.75, 3.05) is 7.05 Å². The van der Waals surface area contributed by atoms with Crippen LogP contribution in [0.1, 0.15) is 79.3 Å². The highest BCUT2D eigenvalue weighted by Gasteiger charge is 2.36. The molecule has 3 heterocycles. The second kappa shape index (κ2) is 9.43. The average molecular weight is 486 g/mol. The van der Waals surface area contributed by atoms with Crippen LogP contribution in [0.5, 0.6) is 0 Å². The topological polar surface area (TPSA) is 110 Å². The first-order valence-electron chi connectivity index (χ1n) is 11.8. The van der Waals surface area contributed by atoms with Crippen LogP contribution in [-0.2, 0) is 13.0 Å². The molecule has 36 heavy (non-hydrogen) atoms. The summed E-state index contributed by atoms with van der Waals surface area (Å²) >= 11 is 0. The lowest BCUT2D eigenvalue weighted by molar-refractivity contribution is 0.0965. The van der Waals surface area contributed by atoms with E-state index in [0.29, 0.717) is 57.2 Å². The molecule has 4 rings (SSSR count). The van der Waals surface area contributed by atoms with Gasteiger partial charge in [-0.15, -0.1) is 0 Å². The molecule has 1 aromatic carbocycles. The molecular formula is C27H28FN7O. The summed E-state index contributed by atoms with van der Waals surface area (Å²) in [4.78, 5) is 19.4. The number of benzene rings is 1. The summed E-state index contributed by atoms with van der Waals surface area (Å²) < 4.78 is 17.6. The van der Waals surface area contributed by atoms with Gasteiger partial charge in [-0.2, -0.15) is 15.6 Å². The summed E-state index contributed by atoms with van der Waals surface area (Å²) in [5.41, 5.74) is 4.40. The van der Waals surface area contributed by atoms with Gasteiger partial charge in [-0.1, -0.05) is 6.92 Å². The van der Waals surface area contributed by atoms with Gasteiger partial charge in [0.05, 0.1) is 35.7 Å². The van der Waals surface area contributed by atoms with E-state index in [1.807, 2.05) is 20.8 Å². The maximum absolute atomic E-state index is 16.0. The summed E-state index contributed by atoms with van der Waals surface area (Å²) in [7, 11) is 1.79. The van der Waals surface area contributed by atoms with Crippen molar-refractivity contribution in [1.82, 2.24) is 20.0 Å². The number of nitrogens with one attached hydrogen (secondary N) is 1. The number of amidine groups is 1. The fourth-order valence-electron chi connectivity index (χ4n) is 4.95. The van der Waals surface area contributed by atoms with E-state index in [1.54, 1.807) is 48.8 Å². The van der Waals surface area contributed by atoms with Gasteiger partial charge in [-0.25, -0.2) is 4.39 Å². The molecule has 0 saturated heterocycles. The summed E-state index contributed by atoms with van der Waals surface area (Å²) in [6.07, 6.45) is 1.97. The van der Waals surface area contributed by atoms with Gasteiger partial charge in [-0.3, -0.25) is 14.5 Å². The molecule has 0 spiro atoms. The number of carbonyl (C=O) groups excluding carboxylic acids is 1. The summed E-state index contributed by atoms with van der Waals surface area (Å²) in [5, 5.41) is 27.1. The van der Waals surface area contributed by atoms with E-state index < -0.39 is 11.7 Å². The standard InChI is InChI=1S/C27H28FN7O/c1-7-17-22-13-31-26(33-27(36)23-8-9-32-35(23)14(2)3)18(22)10-19(25(17)28)24-20(11-29)15(4)34(6)16(5)21(24)12-30/h8-10,14,24H,7,13H2,1-6H3,(H,31,33,36). The van der Waals surface area contributed by atoms with Gasteiger partial charge in [0.15, 0.2) is 0 Å².